The van der Waals surface area contributed by atoms with Crippen LogP contribution in [0.3, 0.4) is 0 Å². The summed E-state index contributed by atoms with van der Waals surface area (Å²) in [6, 6.07) is 13.9. The van der Waals surface area contributed by atoms with Crippen molar-refractivity contribution in [2.45, 2.75) is 83.3 Å². The first-order chi connectivity index (χ1) is 19.3. The van der Waals surface area contributed by atoms with Crippen molar-refractivity contribution in [2.24, 2.45) is 11.8 Å². The van der Waals surface area contributed by atoms with E-state index in [0.717, 1.165) is 35.8 Å². The number of rotatable bonds is 9. The zero-order valence-corrected chi connectivity index (χ0v) is 22.4. The average Bonchev–Trinajstić information content (AvgIpc) is 3.47. The Morgan fingerprint density at radius 3 is 2.05 bits per heavy atom. The molecule has 0 unspecified atom stereocenters. The summed E-state index contributed by atoms with van der Waals surface area (Å²) in [5, 5.41) is 15.8. The summed E-state index contributed by atoms with van der Waals surface area (Å²) in [6.07, 6.45) is 6.75. The third-order valence-electron chi connectivity index (χ3n) is 8.29. The highest BCUT2D eigenvalue weighted by molar-refractivity contribution is 6.03. The van der Waals surface area contributed by atoms with Gasteiger partial charge in [0.05, 0.1) is 0 Å². The van der Waals surface area contributed by atoms with Gasteiger partial charge < -0.3 is 4.74 Å². The highest BCUT2D eigenvalue weighted by atomic mass is 19.4. The number of alkyl halides is 3. The predicted molar refractivity (Wildman–Crippen MR) is 143 cm³/mol. The van der Waals surface area contributed by atoms with Crippen molar-refractivity contribution in [3.63, 3.8) is 0 Å². The Morgan fingerprint density at radius 2 is 1.48 bits per heavy atom. The summed E-state index contributed by atoms with van der Waals surface area (Å²) in [7, 11) is 0. The molecule has 2 fully saturated rings. The maximum atomic E-state index is 12.6. The number of aromatic amines is 1. The molecule has 11 heteroatoms. The van der Waals surface area contributed by atoms with Crippen molar-refractivity contribution in [3.8, 4) is 5.75 Å². The quantitative estimate of drug-likeness (QED) is 0.313. The molecule has 1 aromatic heterocycles. The van der Waals surface area contributed by atoms with Crippen LogP contribution in [0.5, 0.6) is 5.75 Å². The minimum absolute atomic E-state index is 0.107. The Hall–Kier alpha value is -3.47. The lowest BCUT2D eigenvalue weighted by Crippen LogP contribution is -2.38. The number of anilines is 1. The smallest absolute Gasteiger partial charge is 0.406 e. The third-order valence-corrected chi connectivity index (χ3v) is 8.29. The molecule has 0 bridgehead atoms. The monoisotopic (exact) mass is 556 g/mol. The van der Waals surface area contributed by atoms with E-state index < -0.39 is 6.36 Å². The minimum Gasteiger partial charge on any atom is -0.406 e. The van der Waals surface area contributed by atoms with Crippen molar-refractivity contribution in [3.05, 3.63) is 65.2 Å². The predicted octanol–water partition coefficient (Wildman–Crippen LogP) is 6.49. The summed E-state index contributed by atoms with van der Waals surface area (Å²) in [4.78, 5) is 14.9. The van der Waals surface area contributed by atoms with E-state index in [1.165, 1.54) is 57.1 Å². The molecule has 0 aliphatic heterocycles. The first kappa shape index (κ1) is 28.1. The number of nitrogens with one attached hydrogen (secondary N) is 2. The maximum Gasteiger partial charge on any atom is 0.573 e. The van der Waals surface area contributed by atoms with Crippen LogP contribution >= 0.6 is 0 Å². The molecule has 3 aromatic rings. The molecule has 2 aliphatic carbocycles. The standard InChI is InChI=1S/C29H35F3N6O2/c30-29(31,32)40-26-16-8-21(9-17-26)19-38(25-14-12-23(13-15-25)22-4-2-1-3-5-22)18-20-6-10-24(11-7-20)27(39)33-28-34-36-37-35-28/h6-11,16-17,22-23,25H,1-5,12-15,18-19H2,(H2,33,34,35,36,37,39)/t23-,25-. The van der Waals surface area contributed by atoms with Crippen molar-refractivity contribution >= 4 is 11.9 Å². The van der Waals surface area contributed by atoms with E-state index in [4.69, 9.17) is 0 Å². The van der Waals surface area contributed by atoms with Crippen LogP contribution in [-0.2, 0) is 13.1 Å². The second-order valence-electron chi connectivity index (χ2n) is 10.9. The number of tetrazole rings is 1. The molecule has 0 atom stereocenters. The number of halogens is 3. The fraction of sp³-hybridized carbons (Fsp3) is 0.517. The number of amides is 1. The molecule has 1 amide bonds. The second-order valence-corrected chi connectivity index (χ2v) is 10.9. The Labute approximate surface area is 231 Å². The van der Waals surface area contributed by atoms with E-state index in [0.29, 0.717) is 24.7 Å². The van der Waals surface area contributed by atoms with Crippen LogP contribution in [0.1, 0.15) is 79.3 Å². The van der Waals surface area contributed by atoms with Crippen LogP contribution in [0, 0.1) is 11.8 Å². The number of hydrogen-bond acceptors (Lipinski definition) is 6. The lowest BCUT2D eigenvalue weighted by molar-refractivity contribution is -0.274. The van der Waals surface area contributed by atoms with E-state index in [2.05, 4.69) is 35.6 Å². The largest absolute Gasteiger partial charge is 0.573 e. The van der Waals surface area contributed by atoms with Crippen molar-refractivity contribution in [1.29, 1.82) is 0 Å². The fourth-order valence-electron chi connectivity index (χ4n) is 6.27. The molecule has 2 aromatic carbocycles. The molecule has 2 saturated carbocycles. The van der Waals surface area contributed by atoms with Gasteiger partial charge in [-0.25, -0.2) is 0 Å². The summed E-state index contributed by atoms with van der Waals surface area (Å²) >= 11 is 0. The molecule has 2 aliphatic rings. The Balaban J connectivity index is 1.26. The van der Waals surface area contributed by atoms with E-state index >= 15 is 0 Å². The van der Waals surface area contributed by atoms with Crippen LogP contribution in [0.2, 0.25) is 0 Å². The van der Waals surface area contributed by atoms with Crippen molar-refractivity contribution < 1.29 is 22.7 Å². The van der Waals surface area contributed by atoms with Crippen LogP contribution in [0.4, 0.5) is 19.1 Å². The van der Waals surface area contributed by atoms with Crippen LogP contribution in [0.15, 0.2) is 48.5 Å². The van der Waals surface area contributed by atoms with Gasteiger partial charge >= 0.3 is 6.36 Å². The molecule has 1 heterocycles. The first-order valence-electron chi connectivity index (χ1n) is 14.0. The molecule has 5 rings (SSSR count). The topological polar surface area (TPSA) is 96.0 Å². The zero-order valence-electron chi connectivity index (χ0n) is 22.4. The van der Waals surface area contributed by atoms with Crippen molar-refractivity contribution in [1.82, 2.24) is 25.5 Å². The molecule has 214 valence electrons. The van der Waals surface area contributed by atoms with Gasteiger partial charge in [-0.1, -0.05) is 61.5 Å². The molecule has 0 spiro atoms. The van der Waals surface area contributed by atoms with Gasteiger partial charge in [-0.3, -0.25) is 15.0 Å². The minimum atomic E-state index is -4.71. The number of hydrogen-bond donors (Lipinski definition) is 2. The molecule has 0 radical (unpaired) electrons. The summed E-state index contributed by atoms with van der Waals surface area (Å²) in [5.74, 6) is 1.22. The third kappa shape index (κ3) is 7.80. The van der Waals surface area contributed by atoms with E-state index in [1.54, 1.807) is 24.3 Å². The summed E-state index contributed by atoms with van der Waals surface area (Å²) in [6.45, 7) is 1.29. The number of ether oxygens (including phenoxy) is 1. The first-order valence-corrected chi connectivity index (χ1v) is 14.0. The summed E-state index contributed by atoms with van der Waals surface area (Å²) < 4.78 is 41.9. The molecule has 8 nitrogen and oxygen atoms in total. The van der Waals surface area contributed by atoms with Gasteiger partial charge in [0.1, 0.15) is 5.75 Å². The molecule has 40 heavy (non-hydrogen) atoms. The number of benzene rings is 2. The Bertz CT molecular complexity index is 1200. The van der Waals surface area contributed by atoms with E-state index in [-0.39, 0.29) is 17.6 Å². The van der Waals surface area contributed by atoms with Gasteiger partial charge in [0, 0.05) is 24.7 Å². The van der Waals surface area contributed by atoms with Gasteiger partial charge in [-0.05, 0) is 78.1 Å². The van der Waals surface area contributed by atoms with Crippen LogP contribution < -0.4 is 10.1 Å². The highest BCUT2D eigenvalue weighted by Gasteiger charge is 2.32. The molecular weight excluding hydrogens is 521 g/mol. The van der Waals surface area contributed by atoms with Gasteiger partial charge in [0.25, 0.3) is 11.9 Å². The normalized spacial score (nSPS) is 20.4. The summed E-state index contributed by atoms with van der Waals surface area (Å²) in [5.41, 5.74) is 2.47. The van der Waals surface area contributed by atoms with Gasteiger partial charge in [0.15, 0.2) is 0 Å². The van der Waals surface area contributed by atoms with E-state index in [9.17, 15) is 18.0 Å². The lowest BCUT2D eigenvalue weighted by Gasteiger charge is -2.40. The van der Waals surface area contributed by atoms with Gasteiger partial charge in [-0.15, -0.1) is 18.3 Å². The number of nitrogens with zero attached hydrogens (tertiary/aromatic N) is 4. The van der Waals surface area contributed by atoms with E-state index in [1.807, 2.05) is 12.1 Å². The Morgan fingerprint density at radius 1 is 0.875 bits per heavy atom. The molecule has 0 saturated heterocycles. The fourth-order valence-corrected chi connectivity index (χ4v) is 6.27. The average molecular weight is 557 g/mol. The van der Waals surface area contributed by atoms with Crippen LogP contribution in [0.25, 0.3) is 0 Å². The van der Waals surface area contributed by atoms with Gasteiger partial charge in [-0.2, -0.15) is 5.21 Å². The Kier molecular flexibility index (Phi) is 8.98. The maximum absolute atomic E-state index is 12.6. The molecular formula is C29H35F3N6O2. The van der Waals surface area contributed by atoms with Crippen molar-refractivity contribution in [2.75, 3.05) is 5.32 Å². The zero-order chi connectivity index (χ0) is 28.0. The number of carbonyl (C=O) groups excluding carboxylic acids is 1. The second kappa shape index (κ2) is 12.8. The number of H-pyrrole nitrogens is 1. The number of carbonyl (C=O) groups is 1. The van der Waals surface area contributed by atoms with Crippen LogP contribution in [-0.4, -0.2) is 43.8 Å². The van der Waals surface area contributed by atoms with Gasteiger partial charge in [0.2, 0.25) is 0 Å². The molecule has 2 N–H and O–H groups in total. The lowest BCUT2D eigenvalue weighted by atomic mass is 9.72. The number of aromatic nitrogens is 4. The SMILES string of the molecule is O=C(Nc1nn[nH]n1)c1ccc(CN(Cc2ccc(OC(F)(F)F)cc2)[C@H]2CC[C@H](C3CCCCC3)CC2)cc1. The highest BCUT2D eigenvalue weighted by Crippen LogP contribution is 2.40.